The van der Waals surface area contributed by atoms with Crippen LogP contribution in [0.15, 0.2) is 35.9 Å². The van der Waals surface area contributed by atoms with Crippen LogP contribution in [0, 0.1) is 46.8 Å². The van der Waals surface area contributed by atoms with Gasteiger partial charge in [-0.3, -0.25) is 28.9 Å². The number of unbranched alkanes of at least 4 members (excludes halogenated alkanes) is 2. The number of amides is 4. The normalized spacial score (nSPS) is 29.6. The molecule has 0 spiro atoms. The summed E-state index contributed by atoms with van der Waals surface area (Å²) in [6.45, 7) is -0.0147. The van der Waals surface area contributed by atoms with Gasteiger partial charge in [0, 0.05) is 18.9 Å². The molecule has 0 radical (unpaired) electrons. The number of carboxylic acid groups (broad SMARTS) is 1. The Labute approximate surface area is 278 Å². The molecule has 3 fully saturated rings. The first-order valence-electron chi connectivity index (χ1n) is 14.9. The van der Waals surface area contributed by atoms with Crippen molar-refractivity contribution in [3.05, 3.63) is 70.6 Å². The van der Waals surface area contributed by atoms with Crippen LogP contribution in [0.2, 0.25) is 0 Å². The molecule has 48 heavy (non-hydrogen) atoms. The third-order valence-corrected chi connectivity index (χ3v) is 11.2. The van der Waals surface area contributed by atoms with Gasteiger partial charge in [0.05, 0.1) is 11.8 Å². The largest absolute Gasteiger partial charge is 0.508 e. The first-order valence-corrected chi connectivity index (χ1v) is 15.7. The van der Waals surface area contributed by atoms with E-state index in [0.29, 0.717) is 19.3 Å². The fraction of sp³-hybridized carbons (Fsp3) is 0.406. The summed E-state index contributed by atoms with van der Waals surface area (Å²) in [5.74, 6) is -22.6. The summed E-state index contributed by atoms with van der Waals surface area (Å²) in [7, 11) is 0. The van der Waals surface area contributed by atoms with E-state index in [9.17, 15) is 42.3 Å². The first kappa shape index (κ1) is 33.8. The number of fused-ring (bicyclic) bond motifs is 4. The van der Waals surface area contributed by atoms with Crippen LogP contribution >= 0.6 is 23.2 Å². The number of aliphatic carboxylic acids is 1. The maximum Gasteiger partial charge on any atom is 0.303 e. The van der Waals surface area contributed by atoms with Crippen LogP contribution in [-0.2, 0) is 24.0 Å². The Morgan fingerprint density at radius 1 is 0.875 bits per heavy atom. The number of hydrogen-bond donors (Lipinski definition) is 2. The molecule has 0 bridgehead atoms. The van der Waals surface area contributed by atoms with Gasteiger partial charge in [-0.1, -0.05) is 30.2 Å². The lowest BCUT2D eigenvalue weighted by Gasteiger charge is -2.50. The first-order chi connectivity index (χ1) is 22.6. The van der Waals surface area contributed by atoms with E-state index < -0.39 is 104 Å². The van der Waals surface area contributed by atoms with E-state index in [1.165, 1.54) is 24.3 Å². The molecule has 254 valence electrons. The zero-order valence-electron chi connectivity index (χ0n) is 24.6. The molecule has 9 nitrogen and oxygen atoms in total. The number of anilines is 1. The maximum atomic E-state index is 15.1. The van der Waals surface area contributed by atoms with Gasteiger partial charge in [0.25, 0.3) is 11.8 Å². The summed E-state index contributed by atoms with van der Waals surface area (Å²) in [5, 5.41) is 19.2. The molecule has 2 aromatic carbocycles. The number of hydrogen-bond acceptors (Lipinski definition) is 6. The van der Waals surface area contributed by atoms with E-state index in [4.69, 9.17) is 28.3 Å². The molecule has 0 aromatic heterocycles. The number of benzene rings is 2. The molecule has 2 saturated heterocycles. The number of likely N-dealkylation sites (tertiary alicyclic amines) is 1. The van der Waals surface area contributed by atoms with Crippen LogP contribution in [0.4, 0.5) is 27.6 Å². The van der Waals surface area contributed by atoms with Crippen molar-refractivity contribution in [2.75, 3.05) is 11.4 Å². The smallest absolute Gasteiger partial charge is 0.303 e. The second-order valence-corrected chi connectivity index (χ2v) is 13.6. The molecule has 2 aliphatic heterocycles. The predicted molar refractivity (Wildman–Crippen MR) is 157 cm³/mol. The summed E-state index contributed by atoms with van der Waals surface area (Å²) < 4.78 is 72.7. The lowest BCUT2D eigenvalue weighted by molar-refractivity contribution is -0.141. The Balaban J connectivity index is 1.46. The Morgan fingerprint density at radius 3 is 2.15 bits per heavy atom. The average Bonchev–Trinajstić information content (AvgIpc) is 3.36. The van der Waals surface area contributed by atoms with Gasteiger partial charge in [0.15, 0.2) is 33.0 Å². The summed E-state index contributed by atoms with van der Waals surface area (Å²) in [4.78, 5) is 61.9. The second-order valence-electron chi connectivity index (χ2n) is 12.3. The molecule has 4 amide bonds. The second kappa shape index (κ2) is 11.8. The topological polar surface area (TPSA) is 132 Å². The highest BCUT2D eigenvalue weighted by Crippen LogP contribution is 2.66. The molecule has 1 saturated carbocycles. The fourth-order valence-electron chi connectivity index (χ4n) is 7.65. The molecule has 2 heterocycles. The molecule has 2 N–H and O–H groups in total. The minimum Gasteiger partial charge on any atom is -0.508 e. The lowest BCUT2D eigenvalue weighted by atomic mass is 9.56. The van der Waals surface area contributed by atoms with Crippen molar-refractivity contribution in [1.29, 1.82) is 0 Å². The molecule has 6 unspecified atom stereocenters. The highest BCUT2D eigenvalue weighted by molar-refractivity contribution is 6.58. The van der Waals surface area contributed by atoms with Gasteiger partial charge in [-0.2, -0.15) is 0 Å². The molecule has 2 aromatic rings. The number of halogens is 7. The molecule has 4 aliphatic rings. The average molecular weight is 715 g/mol. The van der Waals surface area contributed by atoms with Crippen molar-refractivity contribution in [2.24, 2.45) is 17.8 Å². The van der Waals surface area contributed by atoms with E-state index in [1.807, 2.05) is 0 Å². The Morgan fingerprint density at radius 2 is 1.52 bits per heavy atom. The zero-order chi connectivity index (χ0) is 35.0. The number of nitrogens with zero attached hydrogens (tertiary/aromatic N) is 2. The van der Waals surface area contributed by atoms with Gasteiger partial charge in [0.1, 0.15) is 11.4 Å². The quantitative estimate of drug-likeness (QED) is 0.0722. The van der Waals surface area contributed by atoms with Gasteiger partial charge < -0.3 is 10.2 Å². The van der Waals surface area contributed by atoms with Crippen molar-refractivity contribution >= 4 is 58.5 Å². The number of carbonyl (C=O) groups is 5. The summed E-state index contributed by atoms with van der Waals surface area (Å²) in [5.41, 5.74) is -1.53. The Bertz CT molecular complexity index is 1810. The number of phenols is 1. The SMILES string of the molecule is O=C(O)CCCCCN1C(=O)C2CC=C3C(CC4(Cl)C(=O)N(c5c(F)c(F)c(F)c(F)c5F)C(=O)C4(Cl)C3c3cccc(O)c3)C2C1=O. The molecular formula is C32H25Cl2F5N2O7. The van der Waals surface area contributed by atoms with Crippen molar-refractivity contribution in [3.8, 4) is 5.75 Å². The van der Waals surface area contributed by atoms with Crippen molar-refractivity contribution in [1.82, 2.24) is 4.90 Å². The summed E-state index contributed by atoms with van der Waals surface area (Å²) in [6, 6.07) is 5.24. The number of imide groups is 2. The van der Waals surface area contributed by atoms with Crippen LogP contribution in [0.3, 0.4) is 0 Å². The highest BCUT2D eigenvalue weighted by atomic mass is 35.5. The van der Waals surface area contributed by atoms with E-state index in [1.54, 1.807) is 6.08 Å². The summed E-state index contributed by atoms with van der Waals surface area (Å²) in [6.07, 6.45) is 1.86. The molecule has 6 atom stereocenters. The van der Waals surface area contributed by atoms with Gasteiger partial charge >= 0.3 is 5.97 Å². The monoisotopic (exact) mass is 714 g/mol. The van der Waals surface area contributed by atoms with Gasteiger partial charge in [-0.15, -0.1) is 23.2 Å². The number of carbonyl (C=O) groups excluding carboxylic acids is 4. The minimum atomic E-state index is -2.68. The van der Waals surface area contributed by atoms with Crippen LogP contribution in [0.5, 0.6) is 5.75 Å². The summed E-state index contributed by atoms with van der Waals surface area (Å²) >= 11 is 14.1. The number of aromatic hydroxyl groups is 1. The van der Waals surface area contributed by atoms with E-state index in [0.717, 1.165) is 4.90 Å². The van der Waals surface area contributed by atoms with Gasteiger partial charge in [-0.25, -0.2) is 26.9 Å². The number of allylic oxidation sites excluding steroid dienone is 2. The Hall–Kier alpha value is -4.04. The van der Waals surface area contributed by atoms with Gasteiger partial charge in [-0.05, 0) is 49.3 Å². The number of phenolic OH excluding ortho intramolecular Hbond substituents is 1. The van der Waals surface area contributed by atoms with Crippen molar-refractivity contribution in [2.45, 2.75) is 54.2 Å². The molecule has 2 aliphatic carbocycles. The number of carboxylic acids is 1. The van der Waals surface area contributed by atoms with Crippen LogP contribution in [0.1, 0.15) is 50.0 Å². The van der Waals surface area contributed by atoms with Crippen LogP contribution in [-0.4, -0.2) is 61.0 Å². The standard InChI is InChI=1S/C32H25Cl2F5N2O7/c33-31-12-17-15(8-9-16-19(17)28(46)40(27(16)45)10-3-1-2-7-18(43)44)20(13-5-4-6-14(42)11-13)32(31,34)30(48)41(29(31)47)26-24(38)22(36)21(35)23(37)25(26)39/h4-6,8,11,16-17,19-20,42H,1-3,7,9-10,12H2,(H,43,44). The fourth-order valence-corrected chi connectivity index (χ4v) is 8.59. The van der Waals surface area contributed by atoms with Crippen LogP contribution < -0.4 is 4.90 Å². The molecule has 6 rings (SSSR count). The number of alkyl halides is 2. The van der Waals surface area contributed by atoms with Crippen LogP contribution in [0.25, 0.3) is 0 Å². The predicted octanol–water partition coefficient (Wildman–Crippen LogP) is 5.30. The highest BCUT2D eigenvalue weighted by Gasteiger charge is 2.77. The molecular weight excluding hydrogens is 690 g/mol. The maximum absolute atomic E-state index is 15.1. The van der Waals surface area contributed by atoms with Crippen molar-refractivity contribution < 1.29 is 56.1 Å². The lowest BCUT2D eigenvalue weighted by Crippen LogP contribution is -2.60. The third-order valence-electron chi connectivity index (χ3n) is 9.79. The van der Waals surface area contributed by atoms with E-state index in [-0.39, 0.29) is 41.2 Å². The molecule has 16 heteroatoms. The Kier molecular flexibility index (Phi) is 8.34. The van der Waals surface area contributed by atoms with E-state index in [2.05, 4.69) is 0 Å². The minimum absolute atomic E-state index is 0.0147. The number of rotatable bonds is 8. The van der Waals surface area contributed by atoms with E-state index >= 15 is 8.78 Å². The van der Waals surface area contributed by atoms with Crippen molar-refractivity contribution in [3.63, 3.8) is 0 Å². The van der Waals surface area contributed by atoms with Gasteiger partial charge in [0.2, 0.25) is 17.6 Å². The third kappa shape index (κ3) is 4.66. The zero-order valence-corrected chi connectivity index (χ0v) is 26.1.